The summed E-state index contributed by atoms with van der Waals surface area (Å²) in [5, 5.41) is 2.61. The fourth-order valence-corrected chi connectivity index (χ4v) is 5.27. The third-order valence-corrected chi connectivity index (χ3v) is 6.40. The normalized spacial score (nSPS) is 10.7. The summed E-state index contributed by atoms with van der Waals surface area (Å²) in [7, 11) is 3.04. The summed E-state index contributed by atoms with van der Waals surface area (Å²) in [5.41, 5.74) is 0. The van der Waals surface area contributed by atoms with Crippen LogP contribution in [-0.4, -0.2) is 20.4 Å². The second kappa shape index (κ2) is 8.80. The van der Waals surface area contributed by atoms with Gasteiger partial charge in [0.05, 0.1) is 14.2 Å². The van der Waals surface area contributed by atoms with E-state index in [0.29, 0.717) is 0 Å². The van der Waals surface area contributed by atoms with Gasteiger partial charge in [-0.05, 0) is 32.6 Å². The number of rotatable bonds is 8. The van der Waals surface area contributed by atoms with Gasteiger partial charge in [0.2, 0.25) is 0 Å². The molecule has 2 aromatic carbocycles. The van der Waals surface area contributed by atoms with E-state index >= 15 is 0 Å². The van der Waals surface area contributed by atoms with Crippen molar-refractivity contribution in [2.45, 2.75) is 26.2 Å². The zero-order chi connectivity index (χ0) is 15.8. The molecule has 0 N–H and O–H groups in total. The topological polar surface area (TPSA) is 18.5 Å². The smallest absolute Gasteiger partial charge is 0.126 e. The molecule has 0 saturated heterocycles. The number of benzene rings is 2. The summed E-state index contributed by atoms with van der Waals surface area (Å²) >= 11 is 0. The number of hydrogen-bond donors (Lipinski definition) is 0. The molecule has 0 spiro atoms. The zero-order valence-corrected chi connectivity index (χ0v) is 14.6. The van der Waals surface area contributed by atoms with Crippen LogP contribution in [0.1, 0.15) is 26.2 Å². The van der Waals surface area contributed by atoms with Crippen molar-refractivity contribution in [1.82, 2.24) is 0 Å². The Bertz CT molecular complexity index is 536. The van der Waals surface area contributed by atoms with Crippen molar-refractivity contribution in [3.63, 3.8) is 0 Å². The first-order chi connectivity index (χ1) is 10.8. The minimum atomic E-state index is -0.466. The van der Waals surface area contributed by atoms with Crippen LogP contribution in [0.4, 0.5) is 0 Å². The zero-order valence-electron chi connectivity index (χ0n) is 13.7. The van der Waals surface area contributed by atoms with Crippen LogP contribution >= 0.6 is 7.92 Å². The highest BCUT2D eigenvalue weighted by Gasteiger charge is 2.20. The molecule has 0 aliphatic heterocycles. The Morgan fingerprint density at radius 1 is 0.773 bits per heavy atom. The molecule has 0 fully saturated rings. The molecule has 0 heterocycles. The molecule has 0 atom stereocenters. The summed E-state index contributed by atoms with van der Waals surface area (Å²) < 4.78 is 11.2. The number of para-hydroxylation sites is 2. The summed E-state index contributed by atoms with van der Waals surface area (Å²) in [6.07, 6.45) is 4.91. The quantitative estimate of drug-likeness (QED) is 0.533. The maximum atomic E-state index is 5.60. The van der Waals surface area contributed by atoms with E-state index in [0.717, 1.165) is 11.5 Å². The average Bonchev–Trinajstić information content (AvgIpc) is 2.59. The summed E-state index contributed by atoms with van der Waals surface area (Å²) in [5.74, 6) is 1.96. The lowest BCUT2D eigenvalue weighted by molar-refractivity contribution is 0.417. The minimum absolute atomic E-state index is 0.466. The lowest BCUT2D eigenvalue weighted by Gasteiger charge is -2.22. The summed E-state index contributed by atoms with van der Waals surface area (Å²) in [6.45, 7) is 2.24. The van der Waals surface area contributed by atoms with Gasteiger partial charge in [-0.2, -0.15) is 0 Å². The maximum absolute atomic E-state index is 5.60. The molecule has 2 rings (SSSR count). The predicted molar refractivity (Wildman–Crippen MR) is 96.6 cm³/mol. The van der Waals surface area contributed by atoms with Crippen LogP contribution < -0.4 is 20.1 Å². The number of hydrogen-bond acceptors (Lipinski definition) is 2. The van der Waals surface area contributed by atoms with Crippen molar-refractivity contribution >= 4 is 18.5 Å². The Kier molecular flexibility index (Phi) is 6.74. The Morgan fingerprint density at radius 3 is 1.73 bits per heavy atom. The fraction of sp³-hybridized carbons (Fsp3) is 0.368. The molecule has 2 aromatic rings. The molecule has 3 heteroatoms. The second-order valence-electron chi connectivity index (χ2n) is 5.20. The molecule has 118 valence electrons. The highest BCUT2D eigenvalue weighted by Crippen LogP contribution is 2.40. The lowest BCUT2D eigenvalue weighted by Crippen LogP contribution is -2.18. The van der Waals surface area contributed by atoms with Gasteiger partial charge in [-0.15, -0.1) is 0 Å². The van der Waals surface area contributed by atoms with Crippen LogP contribution in [0.15, 0.2) is 48.5 Å². The molecule has 22 heavy (non-hydrogen) atoms. The monoisotopic (exact) mass is 316 g/mol. The van der Waals surface area contributed by atoms with Crippen molar-refractivity contribution in [3.05, 3.63) is 48.5 Å². The SMILES string of the molecule is CCCCCP(c1ccccc1OC)c1ccccc1OC. The van der Waals surface area contributed by atoms with Gasteiger partial charge >= 0.3 is 0 Å². The van der Waals surface area contributed by atoms with Crippen LogP contribution in [0.2, 0.25) is 0 Å². The number of unbranched alkanes of at least 4 members (excludes halogenated alkanes) is 2. The van der Waals surface area contributed by atoms with Gasteiger partial charge in [-0.3, -0.25) is 0 Å². The highest BCUT2D eigenvalue weighted by atomic mass is 31.1. The molecule has 0 aliphatic carbocycles. The van der Waals surface area contributed by atoms with Crippen LogP contribution in [-0.2, 0) is 0 Å². The van der Waals surface area contributed by atoms with E-state index in [4.69, 9.17) is 9.47 Å². The second-order valence-corrected chi connectivity index (χ2v) is 7.47. The van der Waals surface area contributed by atoms with Gasteiger partial charge in [0.15, 0.2) is 0 Å². The van der Waals surface area contributed by atoms with Crippen molar-refractivity contribution in [2.75, 3.05) is 20.4 Å². The van der Waals surface area contributed by atoms with E-state index in [1.165, 1.54) is 36.0 Å². The number of methoxy groups -OCH3 is 2. The van der Waals surface area contributed by atoms with Gasteiger partial charge in [-0.25, -0.2) is 0 Å². The third kappa shape index (κ3) is 4.01. The largest absolute Gasteiger partial charge is 0.496 e. The van der Waals surface area contributed by atoms with Gasteiger partial charge in [-0.1, -0.05) is 56.2 Å². The van der Waals surface area contributed by atoms with Crippen molar-refractivity contribution in [2.24, 2.45) is 0 Å². The molecule has 0 radical (unpaired) electrons. The van der Waals surface area contributed by atoms with E-state index in [1.807, 2.05) is 12.1 Å². The number of ether oxygens (including phenoxy) is 2. The van der Waals surface area contributed by atoms with Crippen molar-refractivity contribution in [1.29, 1.82) is 0 Å². The first-order valence-corrected chi connectivity index (χ1v) is 9.38. The van der Waals surface area contributed by atoms with Gasteiger partial charge in [0, 0.05) is 10.6 Å². The summed E-state index contributed by atoms with van der Waals surface area (Å²) in [6, 6.07) is 16.8. The molecule has 0 amide bonds. The van der Waals surface area contributed by atoms with Crippen molar-refractivity contribution in [3.8, 4) is 11.5 Å². The first kappa shape index (κ1) is 16.8. The molecule has 0 unspecified atom stereocenters. The van der Waals surface area contributed by atoms with E-state index in [9.17, 15) is 0 Å². The van der Waals surface area contributed by atoms with Crippen molar-refractivity contribution < 1.29 is 9.47 Å². The Hall–Kier alpha value is -1.53. The molecule has 0 aromatic heterocycles. The standard InChI is InChI=1S/C19H25O2P/c1-4-5-10-15-22(18-13-8-6-11-16(18)20-2)19-14-9-7-12-17(19)21-3/h6-9,11-14H,4-5,10,15H2,1-3H3. The van der Waals surface area contributed by atoms with E-state index in [-0.39, 0.29) is 0 Å². The van der Waals surface area contributed by atoms with Gasteiger partial charge in [0.25, 0.3) is 0 Å². The molecule has 0 bridgehead atoms. The molecular formula is C19H25O2P. The van der Waals surface area contributed by atoms with E-state index in [1.54, 1.807) is 14.2 Å². The third-order valence-electron chi connectivity index (χ3n) is 3.74. The van der Waals surface area contributed by atoms with E-state index < -0.39 is 7.92 Å². The average molecular weight is 316 g/mol. The van der Waals surface area contributed by atoms with Crippen LogP contribution in [0.5, 0.6) is 11.5 Å². The molecular weight excluding hydrogens is 291 g/mol. The van der Waals surface area contributed by atoms with Crippen LogP contribution in [0, 0.1) is 0 Å². The Labute approximate surface area is 135 Å². The van der Waals surface area contributed by atoms with Gasteiger partial charge < -0.3 is 9.47 Å². The highest BCUT2D eigenvalue weighted by molar-refractivity contribution is 7.73. The van der Waals surface area contributed by atoms with E-state index in [2.05, 4.69) is 43.3 Å². The van der Waals surface area contributed by atoms with Gasteiger partial charge in [0.1, 0.15) is 11.5 Å². The Morgan fingerprint density at radius 2 is 1.27 bits per heavy atom. The first-order valence-electron chi connectivity index (χ1n) is 7.85. The molecule has 0 saturated carbocycles. The fourth-order valence-electron chi connectivity index (χ4n) is 2.60. The molecule has 2 nitrogen and oxygen atoms in total. The van der Waals surface area contributed by atoms with Crippen LogP contribution in [0.3, 0.4) is 0 Å². The summed E-state index contributed by atoms with van der Waals surface area (Å²) in [4.78, 5) is 0. The maximum Gasteiger partial charge on any atom is 0.126 e. The van der Waals surface area contributed by atoms with Crippen LogP contribution in [0.25, 0.3) is 0 Å². The minimum Gasteiger partial charge on any atom is -0.496 e. The molecule has 0 aliphatic rings. The lowest BCUT2D eigenvalue weighted by atomic mass is 10.3. The predicted octanol–water partition coefficient (Wildman–Crippen LogP) is 4.33. The Balaban J connectivity index is 2.42.